The highest BCUT2D eigenvalue weighted by atomic mass is 16.5. The number of hydrogen-bond donors (Lipinski definition) is 2. The minimum atomic E-state index is -0.989. The molecule has 1 atom stereocenters. The van der Waals surface area contributed by atoms with Gasteiger partial charge in [-0.3, -0.25) is 4.79 Å². The number of nitrogens with zero attached hydrogens (tertiary/aromatic N) is 4. The van der Waals surface area contributed by atoms with Crippen molar-refractivity contribution in [1.29, 1.82) is 0 Å². The molecule has 0 aliphatic heterocycles. The summed E-state index contributed by atoms with van der Waals surface area (Å²) in [6.45, 7) is 5.87. The van der Waals surface area contributed by atoms with Crippen LogP contribution in [0.25, 0.3) is 50.0 Å². The van der Waals surface area contributed by atoms with Crippen LogP contribution in [0.4, 0.5) is 5.69 Å². The molecule has 196 valence electrons. The van der Waals surface area contributed by atoms with E-state index in [4.69, 9.17) is 20.1 Å². The van der Waals surface area contributed by atoms with Crippen molar-refractivity contribution in [2.75, 3.05) is 7.11 Å². The molecule has 11 nitrogen and oxygen atoms in total. The quantitative estimate of drug-likeness (QED) is 0.269. The Hall–Kier alpha value is -5.76. The first-order valence-corrected chi connectivity index (χ1v) is 12.2. The number of amides is 1. The van der Waals surface area contributed by atoms with Crippen molar-refractivity contribution in [3.05, 3.63) is 89.3 Å². The Morgan fingerprint density at radius 1 is 1.00 bits per heavy atom. The fourth-order valence-corrected chi connectivity index (χ4v) is 4.40. The van der Waals surface area contributed by atoms with Gasteiger partial charge in [-0.25, -0.2) is 19.7 Å². The summed E-state index contributed by atoms with van der Waals surface area (Å²) < 4.78 is 16.9. The van der Waals surface area contributed by atoms with E-state index in [1.807, 2.05) is 24.3 Å². The third kappa shape index (κ3) is 4.54. The minimum Gasteiger partial charge on any atom is -0.467 e. The lowest BCUT2D eigenvalue weighted by molar-refractivity contribution is -0.142. The molecule has 0 radical (unpaired) electrons. The fraction of sp³-hybridized carbons (Fsp3) is 0.103. The first-order valence-electron chi connectivity index (χ1n) is 12.2. The van der Waals surface area contributed by atoms with E-state index in [1.165, 1.54) is 13.4 Å². The van der Waals surface area contributed by atoms with Gasteiger partial charge in [0.15, 0.2) is 11.2 Å². The van der Waals surface area contributed by atoms with Crippen LogP contribution in [0, 0.1) is 6.57 Å². The van der Waals surface area contributed by atoms with Gasteiger partial charge in [0, 0.05) is 23.9 Å². The molecule has 11 heteroatoms. The maximum atomic E-state index is 13.6. The Morgan fingerprint density at radius 2 is 1.60 bits per heavy atom. The highest BCUT2D eigenvalue weighted by Crippen LogP contribution is 2.41. The zero-order valence-electron chi connectivity index (χ0n) is 21.1. The van der Waals surface area contributed by atoms with E-state index in [9.17, 15) is 9.59 Å². The van der Waals surface area contributed by atoms with Gasteiger partial charge in [0.1, 0.15) is 28.2 Å². The van der Waals surface area contributed by atoms with Crippen molar-refractivity contribution in [2.45, 2.75) is 12.5 Å². The molecule has 40 heavy (non-hydrogen) atoms. The Kier molecular flexibility index (Phi) is 6.26. The highest BCUT2D eigenvalue weighted by molar-refractivity contribution is 6.02. The van der Waals surface area contributed by atoms with Crippen LogP contribution in [0.5, 0.6) is 0 Å². The number of carbonyl (C=O) groups excluding carboxylic acids is 2. The number of hydrogen-bond acceptors (Lipinski definition) is 8. The molecule has 6 aromatic rings. The van der Waals surface area contributed by atoms with Crippen LogP contribution in [0.2, 0.25) is 0 Å². The summed E-state index contributed by atoms with van der Waals surface area (Å²) >= 11 is 0. The fourth-order valence-electron chi connectivity index (χ4n) is 4.40. The summed E-state index contributed by atoms with van der Waals surface area (Å²) in [4.78, 5) is 46.2. The van der Waals surface area contributed by atoms with Crippen molar-refractivity contribution < 1.29 is 23.2 Å². The molecule has 0 spiro atoms. The zero-order chi connectivity index (χ0) is 27.6. The van der Waals surface area contributed by atoms with Crippen molar-refractivity contribution in [3.63, 3.8) is 0 Å². The number of benzene rings is 3. The Labute approximate surface area is 226 Å². The summed E-state index contributed by atoms with van der Waals surface area (Å²) in [6.07, 6.45) is 3.20. The van der Waals surface area contributed by atoms with Crippen molar-refractivity contribution >= 4 is 39.8 Å². The second-order valence-corrected chi connectivity index (χ2v) is 8.85. The van der Waals surface area contributed by atoms with Gasteiger partial charge in [-0.15, -0.1) is 0 Å². The maximum Gasteiger partial charge on any atom is 0.365 e. The van der Waals surface area contributed by atoms with Crippen molar-refractivity contribution in [3.8, 4) is 29.5 Å². The normalized spacial score (nSPS) is 11.8. The topological polar surface area (TPSA) is 140 Å². The first kappa shape index (κ1) is 24.6. The lowest BCUT2D eigenvalue weighted by Gasteiger charge is -2.16. The van der Waals surface area contributed by atoms with Gasteiger partial charge >= 0.3 is 11.7 Å². The number of rotatable bonds is 7. The van der Waals surface area contributed by atoms with E-state index in [1.54, 1.807) is 42.6 Å². The molecule has 0 aliphatic carbocycles. The summed E-state index contributed by atoms with van der Waals surface area (Å²) in [6, 6.07) is 16.6. The number of ether oxygens (including phenoxy) is 1. The number of nitrogens with one attached hydrogen (secondary N) is 2. The van der Waals surface area contributed by atoms with Gasteiger partial charge in [-0.1, -0.05) is 24.3 Å². The molecule has 1 amide bonds. The molecule has 3 aromatic heterocycles. The molecule has 0 saturated heterocycles. The molecule has 0 aliphatic rings. The third-order valence-corrected chi connectivity index (χ3v) is 6.32. The average molecular weight is 534 g/mol. The number of aromatic nitrogens is 4. The molecule has 0 saturated carbocycles. The van der Waals surface area contributed by atoms with Crippen LogP contribution >= 0.6 is 0 Å². The number of fused-ring (bicyclic) bond motifs is 2. The lowest BCUT2D eigenvalue weighted by atomic mass is 10.0. The van der Waals surface area contributed by atoms with Crippen molar-refractivity contribution in [2.24, 2.45) is 0 Å². The summed E-state index contributed by atoms with van der Waals surface area (Å²) in [7, 11) is 1.25. The van der Waals surface area contributed by atoms with Gasteiger partial charge in [-0.05, 0) is 41.2 Å². The predicted octanol–water partition coefficient (Wildman–Crippen LogP) is 5.13. The van der Waals surface area contributed by atoms with Gasteiger partial charge < -0.3 is 23.9 Å². The largest absolute Gasteiger partial charge is 0.467 e. The Morgan fingerprint density at radius 3 is 2.10 bits per heavy atom. The van der Waals surface area contributed by atoms with E-state index < -0.39 is 17.9 Å². The molecule has 2 N–H and O–H groups in total. The number of imidazole rings is 1. The lowest BCUT2D eigenvalue weighted by Crippen LogP contribution is -2.43. The van der Waals surface area contributed by atoms with E-state index in [0.717, 1.165) is 0 Å². The number of esters is 1. The van der Waals surface area contributed by atoms with E-state index in [-0.39, 0.29) is 29.5 Å². The van der Waals surface area contributed by atoms with Crippen LogP contribution < -0.4 is 5.32 Å². The van der Waals surface area contributed by atoms with Crippen LogP contribution in [0.3, 0.4) is 0 Å². The number of oxazole rings is 2. The van der Waals surface area contributed by atoms with Gasteiger partial charge in [0.05, 0.1) is 13.4 Å². The summed E-state index contributed by atoms with van der Waals surface area (Å²) in [5.74, 6) is -0.790. The average Bonchev–Trinajstić information content (AvgIpc) is 3.75. The van der Waals surface area contributed by atoms with E-state index in [0.29, 0.717) is 39.0 Å². The molecular weight excluding hydrogens is 512 g/mol. The summed E-state index contributed by atoms with van der Waals surface area (Å²) in [5, 5.41) is 2.75. The van der Waals surface area contributed by atoms with E-state index >= 15 is 0 Å². The second-order valence-electron chi connectivity index (χ2n) is 8.85. The predicted molar refractivity (Wildman–Crippen MR) is 146 cm³/mol. The van der Waals surface area contributed by atoms with Crippen LogP contribution in [0.1, 0.15) is 16.1 Å². The maximum absolute atomic E-state index is 13.6. The summed E-state index contributed by atoms with van der Waals surface area (Å²) in [5.41, 5.74) is 4.07. The molecule has 3 aromatic carbocycles. The molecule has 0 fully saturated rings. The SMILES string of the molecule is C#[N+]c1c(-c2nc3ccccc3o2)cc(C(=O)N[C@H](Cc2cnc[nH]2)C(=O)OC)cc1-c1nc2ccccc2o1. The standard InChI is InChI=1S/C29H20N6O5/c1-30-25-18(27-34-20-7-3-5-9-23(20)39-27)11-16(12-19(25)28-35-21-8-4-6-10-24(21)40-28)26(36)33-22(29(37)38-2)13-17-14-31-15-32-17/h1,3-12,14-15,22H,13H2,2H3,(H-,31,32,33,36)/p+1/t22-/m1/s1. The van der Waals surface area contributed by atoms with E-state index in [2.05, 4.69) is 30.1 Å². The van der Waals surface area contributed by atoms with Crippen LogP contribution in [-0.4, -0.2) is 45.0 Å². The minimum absolute atomic E-state index is 0.143. The van der Waals surface area contributed by atoms with Crippen molar-refractivity contribution in [1.82, 2.24) is 25.3 Å². The molecule has 0 unspecified atom stereocenters. The smallest absolute Gasteiger partial charge is 0.365 e. The Bertz CT molecular complexity index is 1750. The highest BCUT2D eigenvalue weighted by Gasteiger charge is 2.31. The molecule has 3 heterocycles. The monoisotopic (exact) mass is 533 g/mol. The number of aromatic amines is 1. The second kappa shape index (κ2) is 10.2. The molecule has 0 bridgehead atoms. The molecular formula is C29H21N6O5+. The van der Waals surface area contributed by atoms with Gasteiger partial charge in [0.2, 0.25) is 11.8 Å². The number of para-hydroxylation sites is 4. The number of carbonyl (C=O) groups is 2. The van der Waals surface area contributed by atoms with Crippen LogP contribution in [0.15, 0.2) is 82.0 Å². The van der Waals surface area contributed by atoms with Crippen LogP contribution in [-0.2, 0) is 16.0 Å². The first-order chi connectivity index (χ1) is 19.5. The molecule has 6 rings (SSSR count). The number of H-pyrrole nitrogens is 1. The Balaban J connectivity index is 1.48. The van der Waals surface area contributed by atoms with Gasteiger partial charge in [-0.2, -0.15) is 0 Å². The van der Waals surface area contributed by atoms with Gasteiger partial charge in [0.25, 0.3) is 12.5 Å². The zero-order valence-corrected chi connectivity index (χ0v) is 21.1. The number of methoxy groups -OCH3 is 1. The third-order valence-electron chi connectivity index (χ3n) is 6.32.